The Bertz CT molecular complexity index is 779. The number of nitrogens with zero attached hydrogens (tertiary/aromatic N) is 1. The summed E-state index contributed by atoms with van der Waals surface area (Å²) in [6, 6.07) is 25.3. The number of aromatic nitrogens is 1. The van der Waals surface area contributed by atoms with Gasteiger partial charge < -0.3 is 5.32 Å². The summed E-state index contributed by atoms with van der Waals surface area (Å²) in [7, 11) is 0. The summed E-state index contributed by atoms with van der Waals surface area (Å²) in [5.74, 6) is 1.60. The predicted molar refractivity (Wildman–Crippen MR) is 103 cm³/mol. The van der Waals surface area contributed by atoms with E-state index in [2.05, 4.69) is 22.4 Å². The van der Waals surface area contributed by atoms with Crippen LogP contribution in [0.1, 0.15) is 27.7 Å². The van der Waals surface area contributed by atoms with E-state index in [-0.39, 0.29) is 11.9 Å². The Balaban J connectivity index is 1.66. The summed E-state index contributed by atoms with van der Waals surface area (Å²) >= 11 is 1.79. The molecule has 0 saturated carbocycles. The van der Waals surface area contributed by atoms with Gasteiger partial charge in [-0.3, -0.25) is 9.78 Å². The molecule has 0 radical (unpaired) electrons. The molecular formula is C21H20N2OS. The number of hydrogen-bond acceptors (Lipinski definition) is 3. The standard InChI is InChI=1S/C21H20N2OS/c24-21(18-11-5-2-6-12-18)23-20(19-13-7-8-14-22-19)16-25-15-17-9-3-1-4-10-17/h1-14,20H,15-16H2,(H,23,24)/t20-/m0/s1. The van der Waals surface area contributed by atoms with Crippen LogP contribution in [-0.2, 0) is 5.75 Å². The van der Waals surface area contributed by atoms with Gasteiger partial charge in [0.1, 0.15) is 0 Å². The minimum atomic E-state index is -0.123. The number of carbonyl (C=O) groups is 1. The topological polar surface area (TPSA) is 42.0 Å². The van der Waals surface area contributed by atoms with Crippen molar-refractivity contribution in [3.8, 4) is 0 Å². The van der Waals surface area contributed by atoms with Gasteiger partial charge in [0.05, 0.1) is 11.7 Å². The molecule has 3 aromatic rings. The Labute approximate surface area is 152 Å². The number of nitrogens with one attached hydrogen (secondary N) is 1. The van der Waals surface area contributed by atoms with E-state index in [1.54, 1.807) is 18.0 Å². The Morgan fingerprint density at radius 1 is 0.920 bits per heavy atom. The van der Waals surface area contributed by atoms with Gasteiger partial charge in [0.2, 0.25) is 0 Å². The van der Waals surface area contributed by atoms with Crippen LogP contribution in [0.15, 0.2) is 85.1 Å². The van der Waals surface area contributed by atoms with Gasteiger partial charge >= 0.3 is 0 Å². The molecule has 126 valence electrons. The maximum atomic E-state index is 12.5. The molecule has 0 unspecified atom stereocenters. The third-order valence-corrected chi connectivity index (χ3v) is 4.89. The maximum absolute atomic E-state index is 12.5. The Hall–Kier alpha value is -2.59. The van der Waals surface area contributed by atoms with E-state index >= 15 is 0 Å². The first-order valence-corrected chi connectivity index (χ1v) is 9.37. The molecule has 0 aliphatic carbocycles. The zero-order valence-electron chi connectivity index (χ0n) is 13.8. The average molecular weight is 348 g/mol. The smallest absolute Gasteiger partial charge is 0.251 e. The van der Waals surface area contributed by atoms with Crippen LogP contribution in [0.4, 0.5) is 0 Å². The third kappa shape index (κ3) is 5.19. The molecule has 3 rings (SSSR count). The molecule has 2 aromatic carbocycles. The van der Waals surface area contributed by atoms with E-state index in [1.807, 2.05) is 66.7 Å². The highest BCUT2D eigenvalue weighted by Gasteiger charge is 2.16. The van der Waals surface area contributed by atoms with E-state index in [0.29, 0.717) is 5.56 Å². The fourth-order valence-corrected chi connectivity index (χ4v) is 3.52. The van der Waals surface area contributed by atoms with Crippen molar-refractivity contribution in [3.05, 3.63) is 102 Å². The lowest BCUT2D eigenvalue weighted by molar-refractivity contribution is 0.0940. The van der Waals surface area contributed by atoms with Crippen LogP contribution >= 0.6 is 11.8 Å². The molecule has 1 heterocycles. The van der Waals surface area contributed by atoms with Gasteiger partial charge in [0, 0.05) is 23.3 Å². The van der Waals surface area contributed by atoms with Crippen LogP contribution < -0.4 is 5.32 Å². The Kier molecular flexibility index (Phi) is 6.23. The van der Waals surface area contributed by atoms with Crippen molar-refractivity contribution < 1.29 is 4.79 Å². The number of pyridine rings is 1. The van der Waals surface area contributed by atoms with E-state index in [0.717, 1.165) is 17.2 Å². The zero-order chi connectivity index (χ0) is 17.3. The molecular weight excluding hydrogens is 328 g/mol. The van der Waals surface area contributed by atoms with E-state index in [9.17, 15) is 4.79 Å². The van der Waals surface area contributed by atoms with Gasteiger partial charge in [0.15, 0.2) is 0 Å². The lowest BCUT2D eigenvalue weighted by Crippen LogP contribution is -2.30. The van der Waals surface area contributed by atoms with Gasteiger partial charge in [-0.2, -0.15) is 11.8 Å². The summed E-state index contributed by atoms with van der Waals surface area (Å²) < 4.78 is 0. The van der Waals surface area contributed by atoms with Crippen molar-refractivity contribution in [2.24, 2.45) is 0 Å². The molecule has 0 bridgehead atoms. The van der Waals surface area contributed by atoms with Crippen molar-refractivity contribution in [1.82, 2.24) is 10.3 Å². The lowest BCUT2D eigenvalue weighted by Gasteiger charge is -2.18. The average Bonchev–Trinajstić information content (AvgIpc) is 2.69. The van der Waals surface area contributed by atoms with Crippen molar-refractivity contribution in [3.63, 3.8) is 0 Å². The summed E-state index contributed by atoms with van der Waals surface area (Å²) in [4.78, 5) is 16.9. The van der Waals surface area contributed by atoms with E-state index < -0.39 is 0 Å². The highest BCUT2D eigenvalue weighted by Crippen LogP contribution is 2.20. The van der Waals surface area contributed by atoms with Crippen LogP contribution in [0.3, 0.4) is 0 Å². The van der Waals surface area contributed by atoms with Crippen molar-refractivity contribution in [2.75, 3.05) is 5.75 Å². The molecule has 1 aromatic heterocycles. The number of thioether (sulfide) groups is 1. The highest BCUT2D eigenvalue weighted by molar-refractivity contribution is 7.98. The zero-order valence-corrected chi connectivity index (χ0v) is 14.7. The molecule has 1 atom stereocenters. The number of carbonyl (C=O) groups excluding carboxylic acids is 1. The summed E-state index contributed by atoms with van der Waals surface area (Å²) in [6.07, 6.45) is 1.76. The normalized spacial score (nSPS) is 11.7. The monoisotopic (exact) mass is 348 g/mol. The second-order valence-corrected chi connectivity index (χ2v) is 6.68. The molecule has 4 heteroatoms. The van der Waals surface area contributed by atoms with Gasteiger partial charge in [-0.25, -0.2) is 0 Å². The molecule has 0 aliphatic rings. The summed E-state index contributed by atoms with van der Waals surface area (Å²) in [5.41, 5.74) is 2.82. The summed E-state index contributed by atoms with van der Waals surface area (Å²) in [6.45, 7) is 0. The third-order valence-electron chi connectivity index (χ3n) is 3.78. The van der Waals surface area contributed by atoms with E-state index in [1.165, 1.54) is 5.56 Å². The van der Waals surface area contributed by atoms with Gasteiger partial charge in [0.25, 0.3) is 5.91 Å². The maximum Gasteiger partial charge on any atom is 0.251 e. The molecule has 0 saturated heterocycles. The van der Waals surface area contributed by atoms with Gasteiger partial charge in [-0.15, -0.1) is 0 Å². The molecule has 0 aliphatic heterocycles. The van der Waals surface area contributed by atoms with Gasteiger partial charge in [-0.1, -0.05) is 54.6 Å². The minimum Gasteiger partial charge on any atom is -0.343 e. The molecule has 3 nitrogen and oxygen atoms in total. The first-order chi connectivity index (χ1) is 12.3. The Morgan fingerprint density at radius 3 is 2.28 bits per heavy atom. The number of hydrogen-bond donors (Lipinski definition) is 1. The highest BCUT2D eigenvalue weighted by atomic mass is 32.2. The minimum absolute atomic E-state index is 0.0726. The van der Waals surface area contributed by atoms with Crippen LogP contribution in [0.25, 0.3) is 0 Å². The first kappa shape index (κ1) is 17.2. The molecule has 25 heavy (non-hydrogen) atoms. The van der Waals surface area contributed by atoms with Crippen LogP contribution in [0.2, 0.25) is 0 Å². The van der Waals surface area contributed by atoms with Crippen LogP contribution in [0, 0.1) is 0 Å². The fourth-order valence-electron chi connectivity index (χ4n) is 2.48. The second kappa shape index (κ2) is 9.04. The van der Waals surface area contributed by atoms with Gasteiger partial charge in [-0.05, 0) is 29.8 Å². The first-order valence-electron chi connectivity index (χ1n) is 8.21. The fraction of sp³-hybridized carbons (Fsp3) is 0.143. The molecule has 1 amide bonds. The SMILES string of the molecule is O=C(N[C@@H](CSCc1ccccc1)c1ccccn1)c1ccccc1. The van der Waals surface area contributed by atoms with Crippen molar-refractivity contribution >= 4 is 17.7 Å². The number of rotatable bonds is 7. The molecule has 0 spiro atoms. The van der Waals surface area contributed by atoms with E-state index in [4.69, 9.17) is 0 Å². The van der Waals surface area contributed by atoms with Crippen LogP contribution in [0.5, 0.6) is 0 Å². The largest absolute Gasteiger partial charge is 0.343 e. The molecule has 1 N–H and O–H groups in total. The Morgan fingerprint density at radius 2 is 1.60 bits per heavy atom. The quantitative estimate of drug-likeness (QED) is 0.684. The lowest BCUT2D eigenvalue weighted by atomic mass is 10.1. The van der Waals surface area contributed by atoms with Crippen molar-refractivity contribution in [2.45, 2.75) is 11.8 Å². The van der Waals surface area contributed by atoms with Crippen LogP contribution in [-0.4, -0.2) is 16.6 Å². The second-order valence-electron chi connectivity index (χ2n) is 5.65. The number of benzene rings is 2. The van der Waals surface area contributed by atoms with Crippen molar-refractivity contribution in [1.29, 1.82) is 0 Å². The number of amides is 1. The summed E-state index contributed by atoms with van der Waals surface area (Å²) in [5, 5.41) is 3.11. The molecule has 0 fully saturated rings. The predicted octanol–water partition coefficient (Wildman–Crippen LogP) is 4.49.